The normalized spacial score (nSPS) is 12.9. The molecule has 0 bridgehead atoms. The molecular weight excluding hydrogens is 376 g/mol. The highest BCUT2D eigenvalue weighted by atomic mass is 32.1. The van der Waals surface area contributed by atoms with E-state index in [1.807, 2.05) is 48.5 Å². The summed E-state index contributed by atoms with van der Waals surface area (Å²) in [6, 6.07) is 19.1. The van der Waals surface area contributed by atoms with E-state index < -0.39 is 6.16 Å². The van der Waals surface area contributed by atoms with Crippen molar-refractivity contribution in [1.82, 2.24) is 4.90 Å². The van der Waals surface area contributed by atoms with Gasteiger partial charge >= 0.3 is 12.2 Å². The topological polar surface area (TPSA) is 78.9 Å². The van der Waals surface area contributed by atoms with Crippen LogP contribution in [0.4, 0.5) is 15.3 Å². The summed E-state index contributed by atoms with van der Waals surface area (Å²) < 4.78 is 4.89. The first-order chi connectivity index (χ1) is 13.6. The van der Waals surface area contributed by atoms with Gasteiger partial charge in [0.1, 0.15) is 0 Å². The molecular formula is C21H18N2O4S. The van der Waals surface area contributed by atoms with Gasteiger partial charge in [0, 0.05) is 18.0 Å². The van der Waals surface area contributed by atoms with E-state index in [-0.39, 0.29) is 11.1 Å². The van der Waals surface area contributed by atoms with Gasteiger partial charge < -0.3 is 20.1 Å². The number of nitrogens with one attached hydrogen (secondary N) is 1. The molecule has 0 aliphatic carbocycles. The van der Waals surface area contributed by atoms with Gasteiger partial charge in [0.25, 0.3) is 0 Å². The van der Waals surface area contributed by atoms with E-state index in [1.165, 1.54) is 16.9 Å². The second-order valence-corrected chi connectivity index (χ2v) is 7.43. The Morgan fingerprint density at radius 2 is 1.75 bits per heavy atom. The number of amides is 2. The summed E-state index contributed by atoms with van der Waals surface area (Å²) in [5.74, 6) is 0. The summed E-state index contributed by atoms with van der Waals surface area (Å²) in [4.78, 5) is 26.4. The number of hydrogen-bond acceptors (Lipinski definition) is 4. The number of rotatable bonds is 3. The van der Waals surface area contributed by atoms with Crippen molar-refractivity contribution < 1.29 is 19.4 Å². The van der Waals surface area contributed by atoms with Crippen LogP contribution in [0, 0.1) is 0 Å². The van der Waals surface area contributed by atoms with Crippen LogP contribution >= 0.6 is 11.3 Å². The zero-order valence-corrected chi connectivity index (χ0v) is 15.7. The van der Waals surface area contributed by atoms with E-state index in [9.17, 15) is 9.59 Å². The van der Waals surface area contributed by atoms with Crippen LogP contribution in [0.2, 0.25) is 0 Å². The maximum absolute atomic E-state index is 12.8. The lowest BCUT2D eigenvalue weighted by Crippen LogP contribution is -2.38. The smallest absolute Gasteiger partial charge is 0.449 e. The number of fused-ring (bicyclic) bond motifs is 1. The number of carbonyl (C=O) groups excluding carboxylic acids is 1. The summed E-state index contributed by atoms with van der Waals surface area (Å²) >= 11 is 1.18. The van der Waals surface area contributed by atoms with E-state index in [0.29, 0.717) is 18.8 Å². The number of benzene rings is 2. The molecule has 0 spiro atoms. The second-order valence-electron chi connectivity index (χ2n) is 6.42. The molecule has 2 aromatic carbocycles. The Labute approximate surface area is 166 Å². The van der Waals surface area contributed by atoms with Crippen molar-refractivity contribution in [2.75, 3.05) is 11.9 Å². The first kappa shape index (κ1) is 18.1. The van der Waals surface area contributed by atoms with Gasteiger partial charge in [-0.1, -0.05) is 65.9 Å². The summed E-state index contributed by atoms with van der Waals surface area (Å²) in [5, 5.41) is 12.0. The third kappa shape index (κ3) is 3.84. The largest absolute Gasteiger partial charge is 0.512 e. The molecule has 7 heteroatoms. The number of nitrogens with zero attached hydrogens (tertiary/aromatic N) is 1. The van der Waals surface area contributed by atoms with Crippen molar-refractivity contribution in [2.24, 2.45) is 0 Å². The van der Waals surface area contributed by atoms with Crippen molar-refractivity contribution in [3.8, 4) is 15.5 Å². The highest BCUT2D eigenvalue weighted by molar-refractivity contribution is 7.18. The van der Waals surface area contributed by atoms with Gasteiger partial charge in [0.2, 0.25) is 5.06 Å². The van der Waals surface area contributed by atoms with Gasteiger partial charge in [-0.3, -0.25) is 0 Å². The molecule has 0 atom stereocenters. The highest BCUT2D eigenvalue weighted by Crippen LogP contribution is 2.41. The molecule has 2 heterocycles. The fraction of sp³-hybridized carbons (Fsp3) is 0.143. The molecule has 0 fully saturated rings. The Balaban J connectivity index is 1.56. The van der Waals surface area contributed by atoms with Gasteiger partial charge in [-0.15, -0.1) is 0 Å². The Hall–Kier alpha value is -3.32. The van der Waals surface area contributed by atoms with Crippen LogP contribution in [0.5, 0.6) is 5.06 Å². The molecule has 2 amide bonds. The van der Waals surface area contributed by atoms with Crippen molar-refractivity contribution in [3.63, 3.8) is 0 Å². The minimum absolute atomic E-state index is 0.150. The average molecular weight is 394 g/mol. The van der Waals surface area contributed by atoms with Crippen molar-refractivity contribution in [1.29, 1.82) is 0 Å². The van der Waals surface area contributed by atoms with Gasteiger partial charge in [0.05, 0.1) is 5.69 Å². The highest BCUT2D eigenvalue weighted by Gasteiger charge is 2.23. The van der Waals surface area contributed by atoms with Crippen LogP contribution in [0.25, 0.3) is 10.4 Å². The molecule has 0 saturated heterocycles. The van der Waals surface area contributed by atoms with E-state index in [1.54, 1.807) is 11.0 Å². The minimum Gasteiger partial charge on any atom is -0.449 e. The molecule has 1 aliphatic heterocycles. The van der Waals surface area contributed by atoms with E-state index in [0.717, 1.165) is 22.4 Å². The minimum atomic E-state index is -1.41. The first-order valence-corrected chi connectivity index (χ1v) is 9.64. The average Bonchev–Trinajstić information content (AvgIpc) is 3.10. The number of urea groups is 1. The quantitative estimate of drug-likeness (QED) is 0.609. The maximum atomic E-state index is 12.8. The molecule has 3 aromatic rings. The fourth-order valence-electron chi connectivity index (χ4n) is 3.22. The van der Waals surface area contributed by atoms with E-state index >= 15 is 0 Å². The van der Waals surface area contributed by atoms with Gasteiger partial charge in [-0.2, -0.15) is 0 Å². The molecule has 1 aromatic heterocycles. The lowest BCUT2D eigenvalue weighted by Gasteiger charge is -2.28. The third-order valence-corrected chi connectivity index (χ3v) is 5.66. The Morgan fingerprint density at radius 3 is 2.50 bits per heavy atom. The molecule has 142 valence electrons. The summed E-state index contributed by atoms with van der Waals surface area (Å²) in [7, 11) is 0. The van der Waals surface area contributed by atoms with Crippen LogP contribution < -0.4 is 10.1 Å². The number of carbonyl (C=O) groups is 2. The van der Waals surface area contributed by atoms with Gasteiger partial charge in [-0.25, -0.2) is 9.59 Å². The number of ether oxygens (including phenoxy) is 1. The van der Waals surface area contributed by atoms with Crippen LogP contribution in [0.1, 0.15) is 11.1 Å². The maximum Gasteiger partial charge on any atom is 0.512 e. The fourth-order valence-corrected chi connectivity index (χ4v) is 4.19. The molecule has 0 radical (unpaired) electrons. The molecule has 1 aliphatic rings. The number of thiophene rings is 1. The molecule has 0 saturated carbocycles. The summed E-state index contributed by atoms with van der Waals surface area (Å²) in [5.41, 5.74) is 3.66. The monoisotopic (exact) mass is 394 g/mol. The van der Waals surface area contributed by atoms with E-state index in [4.69, 9.17) is 9.84 Å². The predicted molar refractivity (Wildman–Crippen MR) is 108 cm³/mol. The lowest BCUT2D eigenvalue weighted by molar-refractivity contribution is 0.146. The summed E-state index contributed by atoms with van der Waals surface area (Å²) in [6.45, 7) is 1.13. The lowest BCUT2D eigenvalue weighted by atomic mass is 10.0. The van der Waals surface area contributed by atoms with Crippen LogP contribution in [-0.2, 0) is 13.0 Å². The standard InChI is InChI=1S/C21H18N2O4S/c24-20(23-11-10-14-6-4-5-9-16(14)13-23)22-17-12-18(15-7-2-1-3-8-15)28-19(17)27-21(25)26/h1-9,12H,10-11,13H2,(H,22,24)(H,25,26). The van der Waals surface area contributed by atoms with Crippen LogP contribution in [-0.4, -0.2) is 28.7 Å². The Kier molecular flexibility index (Phi) is 4.99. The molecule has 6 nitrogen and oxygen atoms in total. The number of carboxylic acid groups (broad SMARTS) is 1. The molecule has 0 unspecified atom stereocenters. The van der Waals surface area contributed by atoms with Crippen molar-refractivity contribution in [3.05, 3.63) is 71.8 Å². The molecule has 28 heavy (non-hydrogen) atoms. The molecule has 4 rings (SSSR count). The first-order valence-electron chi connectivity index (χ1n) is 8.83. The summed E-state index contributed by atoms with van der Waals surface area (Å²) in [6.07, 6.45) is -0.620. The Bertz CT molecular complexity index is 1020. The van der Waals surface area contributed by atoms with Crippen LogP contribution in [0.3, 0.4) is 0 Å². The number of anilines is 1. The van der Waals surface area contributed by atoms with Gasteiger partial charge in [-0.05, 0) is 29.2 Å². The Morgan fingerprint density at radius 1 is 1.04 bits per heavy atom. The number of hydrogen-bond donors (Lipinski definition) is 2. The zero-order chi connectivity index (χ0) is 19.5. The van der Waals surface area contributed by atoms with E-state index in [2.05, 4.69) is 11.4 Å². The SMILES string of the molecule is O=C(O)Oc1sc(-c2ccccc2)cc1NC(=O)N1CCc2ccccc2C1. The molecule has 2 N–H and O–H groups in total. The predicted octanol–water partition coefficient (Wildman–Crippen LogP) is 5.06. The van der Waals surface area contributed by atoms with Crippen molar-refractivity contribution in [2.45, 2.75) is 13.0 Å². The second kappa shape index (κ2) is 7.74. The third-order valence-electron chi connectivity index (χ3n) is 4.60. The van der Waals surface area contributed by atoms with Gasteiger partial charge in [0.15, 0.2) is 0 Å². The zero-order valence-electron chi connectivity index (χ0n) is 14.9. The van der Waals surface area contributed by atoms with Crippen molar-refractivity contribution >= 4 is 29.2 Å². The van der Waals surface area contributed by atoms with Crippen LogP contribution in [0.15, 0.2) is 60.7 Å².